The van der Waals surface area contributed by atoms with E-state index in [0.717, 1.165) is 11.5 Å². The van der Waals surface area contributed by atoms with Crippen LogP contribution in [-0.4, -0.2) is 14.3 Å². The third-order valence-corrected chi connectivity index (χ3v) is 2.48. The minimum Gasteiger partial charge on any atom is -0.261 e. The molecule has 0 saturated heterocycles. The van der Waals surface area contributed by atoms with Crippen LogP contribution in [0.1, 0.15) is 25.7 Å². The molecule has 1 aromatic heterocycles. The van der Waals surface area contributed by atoms with E-state index in [-0.39, 0.29) is 11.7 Å². The summed E-state index contributed by atoms with van der Waals surface area (Å²) in [6, 6.07) is 9.76. The molecular formula is C12H15N3O. The maximum atomic E-state index is 11.8. The van der Waals surface area contributed by atoms with Gasteiger partial charge in [-0.1, -0.05) is 18.2 Å². The molecule has 0 spiro atoms. The highest BCUT2D eigenvalue weighted by atomic mass is 16.2. The monoisotopic (exact) mass is 217 g/mol. The van der Waals surface area contributed by atoms with Crippen molar-refractivity contribution in [3.63, 3.8) is 0 Å². The first-order valence-electron chi connectivity index (χ1n) is 5.35. The lowest BCUT2D eigenvalue weighted by molar-refractivity contribution is 0.466. The lowest BCUT2D eigenvalue weighted by atomic mass is 10.3. The van der Waals surface area contributed by atoms with Crippen molar-refractivity contribution in [1.29, 1.82) is 0 Å². The molecule has 0 radical (unpaired) electrons. The molecule has 0 amide bonds. The fourth-order valence-corrected chi connectivity index (χ4v) is 1.88. The molecule has 1 heterocycles. The molecule has 0 unspecified atom stereocenters. The smallest absolute Gasteiger partial charge is 0.261 e. The van der Waals surface area contributed by atoms with Gasteiger partial charge in [0.15, 0.2) is 0 Å². The van der Waals surface area contributed by atoms with Gasteiger partial charge < -0.3 is 0 Å². The van der Waals surface area contributed by atoms with E-state index in [9.17, 15) is 4.79 Å². The molecular weight excluding hydrogens is 202 g/mol. The van der Waals surface area contributed by atoms with E-state index in [1.165, 1.54) is 0 Å². The molecule has 2 rings (SSSR count). The zero-order valence-electron chi connectivity index (χ0n) is 9.71. The van der Waals surface area contributed by atoms with E-state index in [1.807, 2.05) is 55.8 Å². The first-order valence-corrected chi connectivity index (χ1v) is 5.35. The quantitative estimate of drug-likeness (QED) is 0.771. The van der Waals surface area contributed by atoms with Crippen molar-refractivity contribution in [2.75, 3.05) is 0 Å². The van der Waals surface area contributed by atoms with Gasteiger partial charge in [0.05, 0.1) is 5.69 Å². The zero-order valence-corrected chi connectivity index (χ0v) is 9.71. The minimum atomic E-state index is -0.225. The van der Waals surface area contributed by atoms with Gasteiger partial charge in [0.25, 0.3) is 0 Å². The summed E-state index contributed by atoms with van der Waals surface area (Å²) in [6.45, 7) is 5.92. The summed E-state index contributed by atoms with van der Waals surface area (Å²) in [5, 5.41) is 0. The van der Waals surface area contributed by atoms with E-state index in [0.29, 0.717) is 0 Å². The summed E-state index contributed by atoms with van der Waals surface area (Å²) in [4.78, 5) is 15.8. The van der Waals surface area contributed by atoms with Gasteiger partial charge in [0.2, 0.25) is 0 Å². The average molecular weight is 217 g/mol. The molecule has 0 aliphatic heterocycles. The summed E-state index contributed by atoms with van der Waals surface area (Å²) < 4.78 is 3.51. The van der Waals surface area contributed by atoms with Crippen molar-refractivity contribution < 1.29 is 0 Å². The summed E-state index contributed by atoms with van der Waals surface area (Å²) in [5.74, 6) is 0.740. The van der Waals surface area contributed by atoms with Crippen LogP contribution >= 0.6 is 0 Å². The number of aryl methyl sites for hydroxylation is 1. The summed E-state index contributed by atoms with van der Waals surface area (Å²) in [6.07, 6.45) is 0. The molecule has 0 aliphatic carbocycles. The van der Waals surface area contributed by atoms with Crippen LogP contribution < -0.4 is 5.69 Å². The largest absolute Gasteiger partial charge is 0.368 e. The Labute approximate surface area is 94.1 Å². The molecule has 2 aromatic rings. The van der Waals surface area contributed by atoms with E-state index < -0.39 is 0 Å². The van der Waals surface area contributed by atoms with Crippen molar-refractivity contribution in [3.05, 3.63) is 46.6 Å². The van der Waals surface area contributed by atoms with Gasteiger partial charge in [-0.2, -0.15) is 9.67 Å². The molecule has 0 fully saturated rings. The standard InChI is InChI=1S/C12H15N3O/c1-9(2)14-10(3)13-12(16)15(14)11-7-5-4-6-8-11/h4-9H,1-3H3. The molecule has 16 heavy (non-hydrogen) atoms. The van der Waals surface area contributed by atoms with Crippen LogP contribution in [0.25, 0.3) is 5.69 Å². The van der Waals surface area contributed by atoms with Gasteiger partial charge in [-0.25, -0.2) is 4.79 Å². The first kappa shape index (κ1) is 10.7. The average Bonchev–Trinajstić information content (AvgIpc) is 2.55. The lowest BCUT2D eigenvalue weighted by Gasteiger charge is -2.15. The molecule has 4 nitrogen and oxygen atoms in total. The normalized spacial score (nSPS) is 11.0. The van der Waals surface area contributed by atoms with Gasteiger partial charge in [-0.15, -0.1) is 0 Å². The lowest BCUT2D eigenvalue weighted by Crippen LogP contribution is -2.23. The van der Waals surface area contributed by atoms with Crippen LogP contribution in [0.5, 0.6) is 0 Å². The Kier molecular flexibility index (Phi) is 2.64. The maximum absolute atomic E-state index is 11.8. The molecule has 0 bridgehead atoms. The molecule has 4 heteroatoms. The van der Waals surface area contributed by atoms with Gasteiger partial charge in [-0.3, -0.25) is 4.68 Å². The highest BCUT2D eigenvalue weighted by Gasteiger charge is 2.13. The molecule has 0 aliphatic rings. The van der Waals surface area contributed by atoms with Crippen LogP contribution in [-0.2, 0) is 0 Å². The van der Waals surface area contributed by atoms with Crippen molar-refractivity contribution in [2.24, 2.45) is 0 Å². The van der Waals surface area contributed by atoms with Crippen LogP contribution in [0.2, 0.25) is 0 Å². The Morgan fingerprint density at radius 3 is 2.38 bits per heavy atom. The summed E-state index contributed by atoms with van der Waals surface area (Å²) >= 11 is 0. The van der Waals surface area contributed by atoms with Crippen LogP contribution in [0.3, 0.4) is 0 Å². The number of nitrogens with zero attached hydrogens (tertiary/aromatic N) is 3. The number of para-hydroxylation sites is 1. The second kappa shape index (κ2) is 3.96. The third kappa shape index (κ3) is 1.66. The number of hydrogen-bond acceptors (Lipinski definition) is 2. The highest BCUT2D eigenvalue weighted by Crippen LogP contribution is 2.11. The Balaban J connectivity index is 2.70. The number of hydrogen-bond donors (Lipinski definition) is 0. The van der Waals surface area contributed by atoms with E-state index in [1.54, 1.807) is 4.68 Å². The Morgan fingerprint density at radius 1 is 1.19 bits per heavy atom. The van der Waals surface area contributed by atoms with Gasteiger partial charge in [0.1, 0.15) is 5.82 Å². The Morgan fingerprint density at radius 2 is 1.81 bits per heavy atom. The molecule has 84 valence electrons. The number of benzene rings is 1. The van der Waals surface area contributed by atoms with Crippen molar-refractivity contribution in [1.82, 2.24) is 14.3 Å². The number of rotatable bonds is 2. The third-order valence-electron chi connectivity index (χ3n) is 2.48. The molecule has 1 aromatic carbocycles. The fourth-order valence-electron chi connectivity index (χ4n) is 1.88. The zero-order chi connectivity index (χ0) is 11.7. The summed E-state index contributed by atoms with van der Waals surface area (Å²) in [7, 11) is 0. The van der Waals surface area contributed by atoms with Crippen LogP contribution in [0.4, 0.5) is 0 Å². The van der Waals surface area contributed by atoms with E-state index in [2.05, 4.69) is 4.98 Å². The Hall–Kier alpha value is -1.84. The molecule has 0 atom stereocenters. The highest BCUT2D eigenvalue weighted by molar-refractivity contribution is 5.29. The topological polar surface area (TPSA) is 39.8 Å². The maximum Gasteiger partial charge on any atom is 0.368 e. The van der Waals surface area contributed by atoms with E-state index >= 15 is 0 Å². The predicted molar refractivity (Wildman–Crippen MR) is 62.9 cm³/mol. The Bertz CT molecular complexity index is 537. The van der Waals surface area contributed by atoms with Crippen molar-refractivity contribution in [2.45, 2.75) is 26.8 Å². The predicted octanol–water partition coefficient (Wildman–Crippen LogP) is 1.92. The minimum absolute atomic E-state index is 0.204. The summed E-state index contributed by atoms with van der Waals surface area (Å²) in [5.41, 5.74) is 0.624. The van der Waals surface area contributed by atoms with Gasteiger partial charge in [0, 0.05) is 6.04 Å². The molecule has 0 N–H and O–H groups in total. The van der Waals surface area contributed by atoms with Gasteiger partial charge in [-0.05, 0) is 32.9 Å². The second-order valence-corrected chi connectivity index (χ2v) is 4.03. The number of aromatic nitrogens is 3. The van der Waals surface area contributed by atoms with Crippen molar-refractivity contribution in [3.8, 4) is 5.69 Å². The second-order valence-electron chi connectivity index (χ2n) is 4.03. The van der Waals surface area contributed by atoms with Crippen molar-refractivity contribution >= 4 is 0 Å². The first-order chi connectivity index (χ1) is 7.61. The van der Waals surface area contributed by atoms with Crippen LogP contribution in [0, 0.1) is 6.92 Å². The van der Waals surface area contributed by atoms with E-state index in [4.69, 9.17) is 0 Å². The van der Waals surface area contributed by atoms with Gasteiger partial charge >= 0.3 is 5.69 Å². The fraction of sp³-hybridized carbons (Fsp3) is 0.333. The SMILES string of the molecule is Cc1nc(=O)n(-c2ccccc2)n1C(C)C. The van der Waals surface area contributed by atoms with Crippen LogP contribution in [0.15, 0.2) is 35.1 Å². The molecule has 0 saturated carbocycles.